The number of likely N-dealkylation sites (tertiary alicyclic amines) is 1. The standard InChI is InChI=1S/C23H26N4O2/c1-28-18-13-17(23-21(14-18)24-26-25-23)5-4-10-27-11-8-16(9-12-27)20-15-29-22-7-3-2-6-19(20)22/h2-3,6-7,13-16H,4-5,8-12H2,1H3,(H,24,25,26). The third kappa shape index (κ3) is 3.60. The van der Waals surface area contributed by atoms with Gasteiger partial charge in [0, 0.05) is 17.0 Å². The largest absolute Gasteiger partial charge is 0.497 e. The highest BCUT2D eigenvalue weighted by molar-refractivity contribution is 5.81. The molecule has 0 spiro atoms. The maximum absolute atomic E-state index is 5.75. The van der Waals surface area contributed by atoms with E-state index in [1.807, 2.05) is 18.4 Å². The van der Waals surface area contributed by atoms with Crippen LogP contribution < -0.4 is 4.74 Å². The van der Waals surface area contributed by atoms with Crippen LogP contribution in [0.2, 0.25) is 0 Å². The Kier molecular flexibility index (Phi) is 4.94. The van der Waals surface area contributed by atoms with Crippen molar-refractivity contribution >= 4 is 22.0 Å². The minimum Gasteiger partial charge on any atom is -0.497 e. The molecule has 2 aromatic heterocycles. The van der Waals surface area contributed by atoms with Crippen LogP contribution in [-0.2, 0) is 6.42 Å². The van der Waals surface area contributed by atoms with Gasteiger partial charge in [0.05, 0.1) is 18.9 Å². The Morgan fingerprint density at radius 3 is 2.93 bits per heavy atom. The summed E-state index contributed by atoms with van der Waals surface area (Å²) in [4.78, 5) is 2.58. The molecular formula is C23H26N4O2. The first kappa shape index (κ1) is 18.2. The lowest BCUT2D eigenvalue weighted by molar-refractivity contribution is 0.210. The number of aryl methyl sites for hydroxylation is 1. The van der Waals surface area contributed by atoms with Crippen molar-refractivity contribution < 1.29 is 9.15 Å². The summed E-state index contributed by atoms with van der Waals surface area (Å²) in [7, 11) is 1.70. The number of benzene rings is 2. The number of ether oxygens (including phenoxy) is 1. The summed E-state index contributed by atoms with van der Waals surface area (Å²) in [5.41, 5.74) is 5.48. The first-order chi connectivity index (χ1) is 14.3. The number of nitrogens with zero attached hydrogens (tertiary/aromatic N) is 3. The number of para-hydroxylation sites is 1. The third-order valence-corrected chi connectivity index (χ3v) is 6.18. The number of fused-ring (bicyclic) bond motifs is 2. The second-order valence-corrected chi connectivity index (χ2v) is 7.90. The fraction of sp³-hybridized carbons (Fsp3) is 0.391. The molecule has 1 aliphatic heterocycles. The number of aromatic amines is 1. The summed E-state index contributed by atoms with van der Waals surface area (Å²) in [5.74, 6) is 1.45. The first-order valence-corrected chi connectivity index (χ1v) is 10.4. The number of methoxy groups -OCH3 is 1. The monoisotopic (exact) mass is 390 g/mol. The van der Waals surface area contributed by atoms with E-state index in [4.69, 9.17) is 9.15 Å². The summed E-state index contributed by atoms with van der Waals surface area (Å²) in [5, 5.41) is 12.4. The van der Waals surface area contributed by atoms with Gasteiger partial charge in [0.25, 0.3) is 0 Å². The van der Waals surface area contributed by atoms with Crippen molar-refractivity contribution in [3.8, 4) is 5.75 Å². The Hall–Kier alpha value is -2.86. The van der Waals surface area contributed by atoms with Gasteiger partial charge in [0.15, 0.2) is 0 Å². The Balaban J connectivity index is 1.17. The Morgan fingerprint density at radius 2 is 2.07 bits per heavy atom. The normalized spacial score (nSPS) is 16.0. The molecule has 29 heavy (non-hydrogen) atoms. The minimum absolute atomic E-state index is 0.600. The van der Waals surface area contributed by atoms with Gasteiger partial charge in [0.2, 0.25) is 0 Å². The number of hydrogen-bond donors (Lipinski definition) is 1. The molecule has 0 radical (unpaired) electrons. The van der Waals surface area contributed by atoms with Gasteiger partial charge in [-0.2, -0.15) is 0 Å². The van der Waals surface area contributed by atoms with Gasteiger partial charge in [-0.25, -0.2) is 0 Å². The number of rotatable bonds is 6. The lowest BCUT2D eigenvalue weighted by Crippen LogP contribution is -2.33. The smallest absolute Gasteiger partial charge is 0.134 e. The van der Waals surface area contributed by atoms with E-state index in [-0.39, 0.29) is 0 Å². The average Bonchev–Trinajstić information content (AvgIpc) is 3.41. The van der Waals surface area contributed by atoms with Crippen LogP contribution in [0.5, 0.6) is 5.75 Å². The number of nitrogens with one attached hydrogen (secondary N) is 1. The number of aromatic nitrogens is 3. The summed E-state index contributed by atoms with van der Waals surface area (Å²) < 4.78 is 11.2. The average molecular weight is 390 g/mol. The SMILES string of the molecule is COc1cc(CCCN2CCC(c3coc4ccccc34)CC2)c2nn[nH]c2c1. The lowest BCUT2D eigenvalue weighted by Gasteiger charge is -2.31. The van der Waals surface area contributed by atoms with Crippen LogP contribution >= 0.6 is 0 Å². The molecule has 0 amide bonds. The molecule has 6 nitrogen and oxygen atoms in total. The predicted octanol–water partition coefficient (Wildman–Crippen LogP) is 4.52. The number of piperidine rings is 1. The molecule has 5 rings (SSSR count). The molecule has 0 aliphatic carbocycles. The highest BCUT2D eigenvalue weighted by atomic mass is 16.5. The van der Waals surface area contributed by atoms with E-state index in [2.05, 4.69) is 44.6 Å². The zero-order valence-electron chi connectivity index (χ0n) is 16.7. The highest BCUT2D eigenvalue weighted by Crippen LogP contribution is 2.34. The van der Waals surface area contributed by atoms with Crippen LogP contribution in [0, 0.1) is 0 Å². The van der Waals surface area contributed by atoms with Gasteiger partial charge in [-0.15, -0.1) is 5.10 Å². The van der Waals surface area contributed by atoms with Crippen molar-refractivity contribution in [2.45, 2.75) is 31.6 Å². The second kappa shape index (κ2) is 7.87. The first-order valence-electron chi connectivity index (χ1n) is 10.4. The van der Waals surface area contributed by atoms with E-state index < -0.39 is 0 Å². The number of hydrogen-bond acceptors (Lipinski definition) is 5. The summed E-state index contributed by atoms with van der Waals surface area (Å²) in [6, 6.07) is 12.4. The molecule has 3 heterocycles. The molecule has 150 valence electrons. The van der Waals surface area contributed by atoms with Crippen molar-refractivity contribution in [3.05, 3.63) is 53.8 Å². The van der Waals surface area contributed by atoms with E-state index in [0.717, 1.165) is 54.8 Å². The van der Waals surface area contributed by atoms with Crippen LogP contribution in [0.3, 0.4) is 0 Å². The van der Waals surface area contributed by atoms with E-state index in [0.29, 0.717) is 5.92 Å². The Labute approximate surface area is 169 Å². The van der Waals surface area contributed by atoms with Crippen molar-refractivity contribution in [3.63, 3.8) is 0 Å². The van der Waals surface area contributed by atoms with Crippen molar-refractivity contribution in [2.24, 2.45) is 0 Å². The molecule has 0 saturated carbocycles. The van der Waals surface area contributed by atoms with Crippen LogP contribution in [0.15, 0.2) is 47.1 Å². The molecule has 1 aliphatic rings. The maximum atomic E-state index is 5.75. The molecular weight excluding hydrogens is 364 g/mol. The third-order valence-electron chi connectivity index (χ3n) is 6.18. The van der Waals surface area contributed by atoms with Gasteiger partial charge in [-0.3, -0.25) is 5.10 Å². The molecule has 4 aromatic rings. The fourth-order valence-electron chi connectivity index (χ4n) is 4.58. The van der Waals surface area contributed by atoms with E-state index in [1.54, 1.807) is 7.11 Å². The van der Waals surface area contributed by atoms with Crippen molar-refractivity contribution in [1.82, 2.24) is 20.3 Å². The van der Waals surface area contributed by atoms with Gasteiger partial charge < -0.3 is 14.1 Å². The van der Waals surface area contributed by atoms with Crippen LogP contribution in [0.1, 0.15) is 36.3 Å². The predicted molar refractivity (Wildman–Crippen MR) is 113 cm³/mol. The van der Waals surface area contributed by atoms with Gasteiger partial charge in [-0.05, 0) is 68.9 Å². The van der Waals surface area contributed by atoms with Crippen molar-refractivity contribution in [1.29, 1.82) is 0 Å². The minimum atomic E-state index is 0.600. The molecule has 6 heteroatoms. The van der Waals surface area contributed by atoms with Crippen LogP contribution in [0.4, 0.5) is 0 Å². The molecule has 0 unspecified atom stereocenters. The fourth-order valence-corrected chi connectivity index (χ4v) is 4.58. The van der Waals surface area contributed by atoms with Gasteiger partial charge in [0.1, 0.15) is 16.8 Å². The molecule has 1 N–H and O–H groups in total. The van der Waals surface area contributed by atoms with E-state index >= 15 is 0 Å². The zero-order valence-corrected chi connectivity index (χ0v) is 16.7. The maximum Gasteiger partial charge on any atom is 0.134 e. The van der Waals surface area contributed by atoms with Crippen LogP contribution in [-0.4, -0.2) is 47.1 Å². The molecule has 1 saturated heterocycles. The van der Waals surface area contributed by atoms with E-state index in [9.17, 15) is 0 Å². The Morgan fingerprint density at radius 1 is 1.21 bits per heavy atom. The summed E-state index contributed by atoms with van der Waals surface area (Å²) in [6.07, 6.45) is 6.43. The summed E-state index contributed by atoms with van der Waals surface area (Å²) in [6.45, 7) is 3.39. The highest BCUT2D eigenvalue weighted by Gasteiger charge is 2.23. The van der Waals surface area contributed by atoms with Gasteiger partial charge in [-0.1, -0.05) is 23.4 Å². The van der Waals surface area contributed by atoms with Crippen LogP contribution in [0.25, 0.3) is 22.0 Å². The van der Waals surface area contributed by atoms with Gasteiger partial charge >= 0.3 is 0 Å². The molecule has 2 aromatic carbocycles. The second-order valence-electron chi connectivity index (χ2n) is 7.90. The summed E-state index contributed by atoms with van der Waals surface area (Å²) >= 11 is 0. The Bertz CT molecular complexity index is 1110. The zero-order chi connectivity index (χ0) is 19.6. The number of furan rings is 1. The van der Waals surface area contributed by atoms with E-state index in [1.165, 1.54) is 29.4 Å². The molecule has 0 atom stereocenters. The van der Waals surface area contributed by atoms with Crippen molar-refractivity contribution in [2.75, 3.05) is 26.7 Å². The molecule has 0 bridgehead atoms. The lowest BCUT2D eigenvalue weighted by atomic mass is 9.89. The quantitative estimate of drug-likeness (QED) is 0.524. The number of H-pyrrole nitrogens is 1. The molecule has 1 fully saturated rings. The topological polar surface area (TPSA) is 67.2 Å².